The first kappa shape index (κ1) is 12.9. The van der Waals surface area contributed by atoms with E-state index < -0.39 is 5.97 Å². The van der Waals surface area contributed by atoms with Crippen molar-refractivity contribution in [2.24, 2.45) is 0 Å². The molecule has 0 saturated heterocycles. The van der Waals surface area contributed by atoms with Crippen LogP contribution in [-0.2, 0) is 4.79 Å². The van der Waals surface area contributed by atoms with Crippen LogP contribution in [0.5, 0.6) is 0 Å². The quantitative estimate of drug-likeness (QED) is 0.903. The van der Waals surface area contributed by atoms with Crippen LogP contribution in [0.2, 0.25) is 10.0 Å². The third-order valence-corrected chi connectivity index (χ3v) is 2.79. The second kappa shape index (κ2) is 5.37. The van der Waals surface area contributed by atoms with Gasteiger partial charge < -0.3 is 10.4 Å². The van der Waals surface area contributed by atoms with Gasteiger partial charge >= 0.3 is 5.97 Å². The summed E-state index contributed by atoms with van der Waals surface area (Å²) in [6.45, 7) is 0.269. The fraction of sp³-hybridized carbons (Fsp3) is 0.182. The molecule has 0 atom stereocenters. The molecule has 18 heavy (non-hydrogen) atoms. The molecule has 1 heterocycles. The molecule has 94 valence electrons. The van der Waals surface area contributed by atoms with Gasteiger partial charge in [0.05, 0.1) is 17.0 Å². The Morgan fingerprint density at radius 2 is 2.11 bits per heavy atom. The number of halogens is 2. The van der Waals surface area contributed by atoms with E-state index in [2.05, 4.69) is 15.3 Å². The fourth-order valence-corrected chi connectivity index (χ4v) is 2.06. The zero-order valence-corrected chi connectivity index (χ0v) is 10.7. The van der Waals surface area contributed by atoms with Crippen LogP contribution in [-0.4, -0.2) is 27.6 Å². The molecule has 1 aromatic heterocycles. The van der Waals surface area contributed by atoms with Crippen molar-refractivity contribution < 1.29 is 9.90 Å². The van der Waals surface area contributed by atoms with Crippen LogP contribution >= 0.6 is 23.2 Å². The van der Waals surface area contributed by atoms with Gasteiger partial charge in [-0.25, -0.2) is 9.97 Å². The third-order valence-electron chi connectivity index (χ3n) is 2.29. The number of benzene rings is 1. The zero-order chi connectivity index (χ0) is 13.1. The second-order valence-electron chi connectivity index (χ2n) is 3.58. The Hall–Kier alpha value is -1.59. The van der Waals surface area contributed by atoms with Crippen LogP contribution in [0.1, 0.15) is 6.42 Å². The standard InChI is InChI=1S/C11H9Cl2N3O2/c12-6-3-7-10(8(13)4-6)15-5-16-11(7)14-2-1-9(17)18/h3-5H,1-2H2,(H,17,18)(H,14,15,16). The minimum Gasteiger partial charge on any atom is -0.481 e. The smallest absolute Gasteiger partial charge is 0.305 e. The minimum absolute atomic E-state index is 0.000204. The molecule has 7 heteroatoms. The van der Waals surface area contributed by atoms with E-state index in [4.69, 9.17) is 28.3 Å². The summed E-state index contributed by atoms with van der Waals surface area (Å²) in [7, 11) is 0. The van der Waals surface area contributed by atoms with Crippen LogP contribution < -0.4 is 5.32 Å². The van der Waals surface area contributed by atoms with E-state index in [1.165, 1.54) is 6.33 Å². The Labute approximate surface area is 113 Å². The van der Waals surface area contributed by atoms with Gasteiger partial charge in [-0.1, -0.05) is 23.2 Å². The van der Waals surface area contributed by atoms with Crippen molar-refractivity contribution in [3.05, 3.63) is 28.5 Å². The molecule has 0 aliphatic heterocycles. The van der Waals surface area contributed by atoms with Crippen LogP contribution in [0.15, 0.2) is 18.5 Å². The number of anilines is 1. The maximum Gasteiger partial charge on any atom is 0.305 e. The van der Waals surface area contributed by atoms with Gasteiger partial charge in [0.25, 0.3) is 0 Å². The number of nitrogens with zero attached hydrogens (tertiary/aromatic N) is 2. The summed E-state index contributed by atoms with van der Waals surface area (Å²) >= 11 is 11.9. The van der Waals surface area contributed by atoms with Crippen molar-refractivity contribution in [1.82, 2.24) is 9.97 Å². The van der Waals surface area contributed by atoms with Crippen LogP contribution in [0.4, 0.5) is 5.82 Å². The summed E-state index contributed by atoms with van der Waals surface area (Å²) < 4.78 is 0. The van der Waals surface area contributed by atoms with Gasteiger partial charge in [-0.2, -0.15) is 0 Å². The number of carboxylic acids is 1. The second-order valence-corrected chi connectivity index (χ2v) is 4.42. The largest absolute Gasteiger partial charge is 0.481 e. The number of hydrogen-bond acceptors (Lipinski definition) is 4. The highest BCUT2D eigenvalue weighted by molar-refractivity contribution is 6.38. The molecule has 0 radical (unpaired) electrons. The van der Waals surface area contributed by atoms with Crippen molar-refractivity contribution >= 4 is 45.9 Å². The number of aliphatic carboxylic acids is 1. The predicted molar refractivity (Wildman–Crippen MR) is 70.3 cm³/mol. The first-order valence-electron chi connectivity index (χ1n) is 5.13. The molecule has 1 aromatic carbocycles. The monoisotopic (exact) mass is 285 g/mol. The van der Waals surface area contributed by atoms with Gasteiger partial charge in [0.1, 0.15) is 12.1 Å². The Balaban J connectivity index is 2.35. The lowest BCUT2D eigenvalue weighted by Gasteiger charge is -2.08. The Morgan fingerprint density at radius 3 is 2.83 bits per heavy atom. The molecule has 0 unspecified atom stereocenters. The van der Waals surface area contributed by atoms with Crippen molar-refractivity contribution in [3.8, 4) is 0 Å². The highest BCUT2D eigenvalue weighted by Gasteiger charge is 2.08. The summed E-state index contributed by atoms with van der Waals surface area (Å²) in [5, 5.41) is 13.1. The normalized spacial score (nSPS) is 10.6. The molecule has 2 N–H and O–H groups in total. The highest BCUT2D eigenvalue weighted by Crippen LogP contribution is 2.29. The van der Waals surface area contributed by atoms with E-state index in [1.54, 1.807) is 12.1 Å². The lowest BCUT2D eigenvalue weighted by Crippen LogP contribution is -2.09. The van der Waals surface area contributed by atoms with Gasteiger partial charge in [-0.15, -0.1) is 0 Å². The van der Waals surface area contributed by atoms with Crippen molar-refractivity contribution in [2.45, 2.75) is 6.42 Å². The molecular weight excluding hydrogens is 277 g/mol. The SMILES string of the molecule is O=C(O)CCNc1ncnc2c(Cl)cc(Cl)cc12. The van der Waals surface area contributed by atoms with Gasteiger partial charge in [-0.3, -0.25) is 4.79 Å². The van der Waals surface area contributed by atoms with Crippen LogP contribution in [0.25, 0.3) is 10.9 Å². The Kier molecular flexibility index (Phi) is 3.84. The average Bonchev–Trinajstić information content (AvgIpc) is 2.29. The molecule has 0 spiro atoms. The molecule has 0 aliphatic rings. The minimum atomic E-state index is -0.878. The van der Waals surface area contributed by atoms with E-state index in [1.807, 2.05) is 0 Å². The lowest BCUT2D eigenvalue weighted by atomic mass is 10.2. The molecule has 0 aliphatic carbocycles. The average molecular weight is 286 g/mol. The van der Waals surface area contributed by atoms with Crippen LogP contribution in [0, 0.1) is 0 Å². The Morgan fingerprint density at radius 1 is 1.33 bits per heavy atom. The van der Waals surface area contributed by atoms with Gasteiger partial charge in [0.2, 0.25) is 0 Å². The van der Waals surface area contributed by atoms with Gasteiger partial charge in [-0.05, 0) is 12.1 Å². The van der Waals surface area contributed by atoms with E-state index in [-0.39, 0.29) is 13.0 Å². The predicted octanol–water partition coefficient (Wildman–Crippen LogP) is 2.82. The number of nitrogens with one attached hydrogen (secondary N) is 1. The number of hydrogen-bond donors (Lipinski definition) is 2. The van der Waals surface area contributed by atoms with Crippen LogP contribution in [0.3, 0.4) is 0 Å². The lowest BCUT2D eigenvalue weighted by molar-refractivity contribution is -0.136. The molecule has 0 amide bonds. The number of rotatable bonds is 4. The topological polar surface area (TPSA) is 75.1 Å². The number of fused-ring (bicyclic) bond motifs is 1. The molecule has 2 rings (SSSR count). The summed E-state index contributed by atoms with van der Waals surface area (Å²) in [4.78, 5) is 18.6. The van der Waals surface area contributed by atoms with E-state index in [0.29, 0.717) is 26.8 Å². The summed E-state index contributed by atoms with van der Waals surface area (Å²) in [6.07, 6.45) is 1.37. The van der Waals surface area contributed by atoms with Crippen molar-refractivity contribution in [1.29, 1.82) is 0 Å². The Bertz CT molecular complexity index is 604. The van der Waals surface area contributed by atoms with Crippen molar-refractivity contribution in [2.75, 3.05) is 11.9 Å². The summed E-state index contributed by atoms with van der Waals surface area (Å²) in [5.41, 5.74) is 0.578. The molecule has 0 fully saturated rings. The fourth-order valence-electron chi connectivity index (χ4n) is 1.52. The van der Waals surface area contributed by atoms with E-state index in [9.17, 15) is 4.79 Å². The molecule has 5 nitrogen and oxygen atoms in total. The maximum absolute atomic E-state index is 10.4. The van der Waals surface area contributed by atoms with Gasteiger partial charge in [0.15, 0.2) is 0 Å². The summed E-state index contributed by atoms with van der Waals surface area (Å²) in [6, 6.07) is 3.28. The molecule has 2 aromatic rings. The van der Waals surface area contributed by atoms with E-state index in [0.717, 1.165) is 0 Å². The van der Waals surface area contributed by atoms with Crippen molar-refractivity contribution in [3.63, 3.8) is 0 Å². The highest BCUT2D eigenvalue weighted by atomic mass is 35.5. The molecular formula is C11H9Cl2N3O2. The summed E-state index contributed by atoms with van der Waals surface area (Å²) in [5.74, 6) is -0.359. The zero-order valence-electron chi connectivity index (χ0n) is 9.15. The van der Waals surface area contributed by atoms with E-state index >= 15 is 0 Å². The first-order chi connectivity index (χ1) is 8.58. The number of aromatic nitrogens is 2. The molecule has 0 saturated carbocycles. The molecule has 0 bridgehead atoms. The number of carbonyl (C=O) groups is 1. The van der Waals surface area contributed by atoms with Gasteiger partial charge in [0, 0.05) is 17.0 Å². The number of carboxylic acid groups (broad SMARTS) is 1. The maximum atomic E-state index is 10.4. The third kappa shape index (κ3) is 2.80. The first-order valence-corrected chi connectivity index (χ1v) is 5.89.